The van der Waals surface area contributed by atoms with Crippen LogP contribution in [0.15, 0.2) is 35.0 Å². The second-order valence-electron chi connectivity index (χ2n) is 5.73. The lowest BCUT2D eigenvalue weighted by atomic mass is 9.88. The van der Waals surface area contributed by atoms with E-state index >= 15 is 0 Å². The van der Waals surface area contributed by atoms with Crippen LogP contribution in [0.2, 0.25) is 0 Å². The highest BCUT2D eigenvalue weighted by Gasteiger charge is 2.27. The molecule has 0 unspecified atom stereocenters. The van der Waals surface area contributed by atoms with Crippen molar-refractivity contribution in [1.29, 1.82) is 0 Å². The molecule has 1 heterocycles. The van der Waals surface area contributed by atoms with Crippen LogP contribution in [0, 0.1) is 12.8 Å². The Balaban J connectivity index is 1.82. The summed E-state index contributed by atoms with van der Waals surface area (Å²) in [5.41, 5.74) is 2.76. The topological polar surface area (TPSA) is 41.5 Å². The monoisotopic (exact) mass is 268 g/mol. The number of carbonyl (C=O) groups excluding carboxylic acids is 1. The first-order valence-corrected chi connectivity index (χ1v) is 7.41. The van der Waals surface area contributed by atoms with Gasteiger partial charge in [-0.1, -0.05) is 49.1 Å². The lowest BCUT2D eigenvalue weighted by molar-refractivity contribution is -0.115. The van der Waals surface area contributed by atoms with E-state index in [0.717, 1.165) is 24.2 Å². The lowest BCUT2D eigenvalue weighted by Gasteiger charge is -2.20. The standard InChI is InChI=1S/C17H20N2O/c1-12-6-5-7-13(10-12)11-15-17(20)19-16(18-15)14-8-3-2-4-9-14/h5-7,10-11,14H,2-4,8-9H2,1H3,(H,18,19,20)/b15-11+. The van der Waals surface area contributed by atoms with Crippen LogP contribution < -0.4 is 5.32 Å². The Hall–Kier alpha value is -1.90. The number of amidine groups is 1. The molecule has 1 aliphatic carbocycles. The van der Waals surface area contributed by atoms with Crippen molar-refractivity contribution in [3.8, 4) is 0 Å². The molecule has 2 aliphatic rings. The SMILES string of the molecule is Cc1cccc(/C=C2/N=C(C3CCCCC3)NC2=O)c1. The van der Waals surface area contributed by atoms with Crippen LogP contribution in [0.3, 0.4) is 0 Å². The summed E-state index contributed by atoms with van der Waals surface area (Å²) in [5.74, 6) is 1.26. The van der Waals surface area contributed by atoms with E-state index < -0.39 is 0 Å². The zero-order chi connectivity index (χ0) is 13.9. The normalized spacial score (nSPS) is 21.9. The Morgan fingerprint density at radius 3 is 2.80 bits per heavy atom. The maximum Gasteiger partial charge on any atom is 0.275 e. The Morgan fingerprint density at radius 2 is 2.05 bits per heavy atom. The van der Waals surface area contributed by atoms with Gasteiger partial charge in [0.2, 0.25) is 0 Å². The van der Waals surface area contributed by atoms with Crippen molar-refractivity contribution in [2.45, 2.75) is 39.0 Å². The molecule has 1 aliphatic heterocycles. The molecule has 3 heteroatoms. The summed E-state index contributed by atoms with van der Waals surface area (Å²) in [5, 5.41) is 2.95. The molecule has 1 saturated carbocycles. The van der Waals surface area contributed by atoms with Gasteiger partial charge >= 0.3 is 0 Å². The molecule has 3 rings (SSSR count). The maximum atomic E-state index is 12.0. The number of nitrogens with one attached hydrogen (secondary N) is 1. The van der Waals surface area contributed by atoms with Gasteiger partial charge in [0, 0.05) is 5.92 Å². The summed E-state index contributed by atoms with van der Waals surface area (Å²) in [6, 6.07) is 8.11. The fraction of sp³-hybridized carbons (Fsp3) is 0.412. The van der Waals surface area contributed by atoms with Crippen molar-refractivity contribution in [3.63, 3.8) is 0 Å². The number of aliphatic imine (C=N–C) groups is 1. The van der Waals surface area contributed by atoms with Gasteiger partial charge in [0.25, 0.3) is 5.91 Å². The van der Waals surface area contributed by atoms with Gasteiger partial charge < -0.3 is 5.32 Å². The smallest absolute Gasteiger partial charge is 0.275 e. The molecular formula is C17H20N2O. The second-order valence-corrected chi connectivity index (χ2v) is 5.73. The number of aryl methyl sites for hydroxylation is 1. The van der Waals surface area contributed by atoms with Crippen LogP contribution in [0.25, 0.3) is 6.08 Å². The molecule has 0 spiro atoms. The zero-order valence-corrected chi connectivity index (χ0v) is 11.9. The summed E-state index contributed by atoms with van der Waals surface area (Å²) in [7, 11) is 0. The van der Waals surface area contributed by atoms with E-state index in [9.17, 15) is 4.79 Å². The van der Waals surface area contributed by atoms with E-state index in [-0.39, 0.29) is 5.91 Å². The zero-order valence-electron chi connectivity index (χ0n) is 11.9. The molecule has 1 fully saturated rings. The Labute approximate surface area is 119 Å². The van der Waals surface area contributed by atoms with Gasteiger partial charge in [0.15, 0.2) is 0 Å². The van der Waals surface area contributed by atoms with Gasteiger partial charge in [0.1, 0.15) is 11.5 Å². The minimum absolute atomic E-state index is 0.0629. The van der Waals surface area contributed by atoms with E-state index in [1.54, 1.807) is 0 Å². The minimum Gasteiger partial charge on any atom is -0.308 e. The highest BCUT2D eigenvalue weighted by atomic mass is 16.2. The van der Waals surface area contributed by atoms with Crippen molar-refractivity contribution in [2.24, 2.45) is 10.9 Å². The van der Waals surface area contributed by atoms with Crippen molar-refractivity contribution in [3.05, 3.63) is 41.1 Å². The summed E-state index contributed by atoms with van der Waals surface area (Å²) in [6.07, 6.45) is 7.97. The molecular weight excluding hydrogens is 248 g/mol. The number of carbonyl (C=O) groups is 1. The fourth-order valence-electron chi connectivity index (χ4n) is 2.97. The molecule has 0 aromatic heterocycles. The third-order valence-corrected chi connectivity index (χ3v) is 4.05. The van der Waals surface area contributed by atoms with Crippen LogP contribution in [0.5, 0.6) is 0 Å². The van der Waals surface area contributed by atoms with Gasteiger partial charge in [-0.3, -0.25) is 4.79 Å². The van der Waals surface area contributed by atoms with Crippen LogP contribution in [-0.2, 0) is 4.79 Å². The molecule has 104 valence electrons. The molecule has 0 atom stereocenters. The fourth-order valence-corrected chi connectivity index (χ4v) is 2.97. The second kappa shape index (κ2) is 5.61. The number of rotatable bonds is 2. The quantitative estimate of drug-likeness (QED) is 0.820. The number of hydrogen-bond donors (Lipinski definition) is 1. The van der Waals surface area contributed by atoms with Crippen molar-refractivity contribution < 1.29 is 4.79 Å². The van der Waals surface area contributed by atoms with E-state index in [0.29, 0.717) is 11.6 Å². The highest BCUT2D eigenvalue weighted by molar-refractivity contribution is 6.15. The minimum atomic E-state index is -0.0629. The molecule has 0 bridgehead atoms. The highest BCUT2D eigenvalue weighted by Crippen LogP contribution is 2.27. The van der Waals surface area contributed by atoms with Crippen LogP contribution >= 0.6 is 0 Å². The maximum absolute atomic E-state index is 12.0. The predicted octanol–water partition coefficient (Wildman–Crippen LogP) is 3.44. The third-order valence-electron chi connectivity index (χ3n) is 4.05. The Morgan fingerprint density at radius 1 is 1.25 bits per heavy atom. The van der Waals surface area contributed by atoms with Gasteiger partial charge in [0.05, 0.1) is 0 Å². The molecule has 20 heavy (non-hydrogen) atoms. The van der Waals surface area contributed by atoms with E-state index in [4.69, 9.17) is 0 Å². The number of amides is 1. The Kier molecular flexibility index (Phi) is 3.68. The summed E-state index contributed by atoms with van der Waals surface area (Å²) < 4.78 is 0. The largest absolute Gasteiger partial charge is 0.308 e. The number of benzene rings is 1. The third kappa shape index (κ3) is 2.82. The van der Waals surface area contributed by atoms with Gasteiger partial charge in [-0.2, -0.15) is 0 Å². The number of nitrogens with zero attached hydrogens (tertiary/aromatic N) is 1. The molecule has 1 aromatic carbocycles. The van der Waals surface area contributed by atoms with Crippen molar-refractivity contribution in [2.75, 3.05) is 0 Å². The van der Waals surface area contributed by atoms with Crippen molar-refractivity contribution >= 4 is 17.8 Å². The molecule has 1 amide bonds. The average molecular weight is 268 g/mol. The van der Waals surface area contributed by atoms with Crippen molar-refractivity contribution in [1.82, 2.24) is 5.32 Å². The van der Waals surface area contributed by atoms with E-state index in [1.165, 1.54) is 24.8 Å². The predicted molar refractivity (Wildman–Crippen MR) is 81.3 cm³/mol. The van der Waals surface area contributed by atoms with Crippen LogP contribution in [-0.4, -0.2) is 11.7 Å². The van der Waals surface area contributed by atoms with E-state index in [1.807, 2.05) is 31.2 Å². The first-order chi connectivity index (χ1) is 9.72. The first-order valence-electron chi connectivity index (χ1n) is 7.41. The number of hydrogen-bond acceptors (Lipinski definition) is 2. The van der Waals surface area contributed by atoms with Crippen LogP contribution in [0.1, 0.15) is 43.2 Å². The summed E-state index contributed by atoms with van der Waals surface area (Å²) in [4.78, 5) is 16.6. The lowest BCUT2D eigenvalue weighted by Crippen LogP contribution is -2.31. The average Bonchev–Trinajstić information content (AvgIpc) is 2.81. The molecule has 0 saturated heterocycles. The molecule has 0 radical (unpaired) electrons. The van der Waals surface area contributed by atoms with Gasteiger partial charge in [-0.05, 0) is 31.4 Å². The van der Waals surface area contributed by atoms with E-state index in [2.05, 4.69) is 16.4 Å². The summed E-state index contributed by atoms with van der Waals surface area (Å²) >= 11 is 0. The summed E-state index contributed by atoms with van der Waals surface area (Å²) in [6.45, 7) is 2.05. The molecule has 1 N–H and O–H groups in total. The first kappa shape index (κ1) is 13.1. The Bertz CT molecular complexity index is 580. The molecule has 3 nitrogen and oxygen atoms in total. The van der Waals surface area contributed by atoms with Gasteiger partial charge in [-0.15, -0.1) is 0 Å². The van der Waals surface area contributed by atoms with Crippen LogP contribution in [0.4, 0.5) is 0 Å². The molecule has 1 aromatic rings. The van der Waals surface area contributed by atoms with Gasteiger partial charge in [-0.25, -0.2) is 4.99 Å².